The van der Waals surface area contributed by atoms with Crippen LogP contribution in [0.2, 0.25) is 0 Å². The molecule has 0 fully saturated rings. The fourth-order valence-electron chi connectivity index (χ4n) is 1.74. The lowest BCUT2D eigenvalue weighted by Crippen LogP contribution is -2.28. The number of amides is 1. The molecule has 0 aliphatic heterocycles. The van der Waals surface area contributed by atoms with Crippen molar-refractivity contribution < 1.29 is 4.79 Å². The Morgan fingerprint density at radius 2 is 2.15 bits per heavy atom. The summed E-state index contributed by atoms with van der Waals surface area (Å²) in [5.74, 6) is -0.0190. The van der Waals surface area contributed by atoms with E-state index >= 15 is 0 Å². The number of rotatable bonds is 3. The highest BCUT2D eigenvalue weighted by atomic mass is 79.9. The molecule has 0 spiro atoms. The minimum absolute atomic E-state index is 0.0190. The van der Waals surface area contributed by atoms with Crippen molar-refractivity contribution in [3.05, 3.63) is 31.4 Å². The molecule has 2 rings (SSSR count). The van der Waals surface area contributed by atoms with Gasteiger partial charge in [-0.05, 0) is 33.5 Å². The van der Waals surface area contributed by atoms with Gasteiger partial charge < -0.3 is 4.90 Å². The SMILES string of the molecule is CN(Cc1cc(Br)cs1)C(=O)c1snnc1C(C)(C)C. The summed E-state index contributed by atoms with van der Waals surface area (Å²) in [6.07, 6.45) is 0. The molecule has 4 nitrogen and oxygen atoms in total. The molecule has 108 valence electrons. The molecule has 0 radical (unpaired) electrons. The fourth-order valence-corrected chi connectivity index (χ4v) is 4.11. The van der Waals surface area contributed by atoms with E-state index in [1.165, 1.54) is 11.5 Å². The molecule has 0 unspecified atom stereocenters. The van der Waals surface area contributed by atoms with Crippen LogP contribution in [0.1, 0.15) is 41.0 Å². The second kappa shape index (κ2) is 5.91. The summed E-state index contributed by atoms with van der Waals surface area (Å²) in [4.78, 5) is 16.0. The number of carbonyl (C=O) groups excluding carboxylic acids is 1. The number of carbonyl (C=O) groups is 1. The van der Waals surface area contributed by atoms with Gasteiger partial charge in [0.15, 0.2) is 0 Å². The summed E-state index contributed by atoms with van der Waals surface area (Å²) in [5.41, 5.74) is 0.594. The first-order valence-electron chi connectivity index (χ1n) is 6.10. The van der Waals surface area contributed by atoms with Crippen LogP contribution in [-0.2, 0) is 12.0 Å². The van der Waals surface area contributed by atoms with E-state index in [2.05, 4.69) is 25.5 Å². The zero-order chi connectivity index (χ0) is 14.9. The summed E-state index contributed by atoms with van der Waals surface area (Å²) in [6, 6.07) is 2.03. The zero-order valence-corrected chi connectivity index (χ0v) is 15.0. The molecule has 0 aliphatic rings. The van der Waals surface area contributed by atoms with Gasteiger partial charge in [-0.15, -0.1) is 16.4 Å². The molecule has 2 aromatic rings. The second-order valence-corrected chi connectivity index (χ2v) is 8.26. The van der Waals surface area contributed by atoms with Crippen molar-refractivity contribution in [1.82, 2.24) is 14.5 Å². The van der Waals surface area contributed by atoms with Gasteiger partial charge in [0.2, 0.25) is 0 Å². The minimum atomic E-state index is -0.176. The Kier molecular flexibility index (Phi) is 4.61. The minimum Gasteiger partial charge on any atom is -0.336 e. The summed E-state index contributed by atoms with van der Waals surface area (Å²) >= 11 is 6.23. The van der Waals surface area contributed by atoms with E-state index in [1.807, 2.05) is 39.3 Å². The molecule has 0 aliphatic carbocycles. The Morgan fingerprint density at radius 1 is 1.45 bits per heavy atom. The van der Waals surface area contributed by atoms with Gasteiger partial charge in [-0.25, -0.2) is 0 Å². The monoisotopic (exact) mass is 373 g/mol. The first kappa shape index (κ1) is 15.6. The van der Waals surface area contributed by atoms with Crippen molar-refractivity contribution in [2.45, 2.75) is 32.7 Å². The molecule has 2 heterocycles. The largest absolute Gasteiger partial charge is 0.336 e. The molecular weight excluding hydrogens is 358 g/mol. The Hall–Kier alpha value is -0.790. The maximum absolute atomic E-state index is 12.5. The number of hydrogen-bond donors (Lipinski definition) is 0. The molecule has 7 heteroatoms. The summed E-state index contributed by atoms with van der Waals surface area (Å²) < 4.78 is 4.99. The number of aromatic nitrogens is 2. The second-order valence-electron chi connectivity index (χ2n) is 5.59. The number of nitrogens with zero attached hydrogens (tertiary/aromatic N) is 3. The van der Waals surface area contributed by atoms with Crippen LogP contribution in [0.25, 0.3) is 0 Å². The first-order chi connectivity index (χ1) is 9.29. The number of hydrogen-bond acceptors (Lipinski definition) is 5. The molecule has 1 amide bonds. The maximum Gasteiger partial charge on any atom is 0.267 e. The average molecular weight is 374 g/mol. The van der Waals surface area contributed by atoms with Gasteiger partial charge in [-0.1, -0.05) is 25.3 Å². The van der Waals surface area contributed by atoms with E-state index in [-0.39, 0.29) is 11.3 Å². The van der Waals surface area contributed by atoms with Crippen molar-refractivity contribution in [3.8, 4) is 0 Å². The Bertz CT molecular complexity index is 615. The molecule has 20 heavy (non-hydrogen) atoms. The molecule has 0 saturated heterocycles. The van der Waals surface area contributed by atoms with Crippen molar-refractivity contribution in [3.63, 3.8) is 0 Å². The lowest BCUT2D eigenvalue weighted by molar-refractivity contribution is 0.0788. The smallest absolute Gasteiger partial charge is 0.267 e. The summed E-state index contributed by atoms with van der Waals surface area (Å²) in [6.45, 7) is 6.71. The van der Waals surface area contributed by atoms with Crippen molar-refractivity contribution >= 4 is 44.7 Å². The third kappa shape index (κ3) is 3.45. The Balaban J connectivity index is 2.17. The van der Waals surface area contributed by atoms with Crippen molar-refractivity contribution in [2.24, 2.45) is 0 Å². The molecule has 0 bridgehead atoms. The van der Waals surface area contributed by atoms with Crippen LogP contribution in [0.3, 0.4) is 0 Å². The molecule has 2 aromatic heterocycles. The van der Waals surface area contributed by atoms with Crippen LogP contribution >= 0.6 is 38.8 Å². The standard InChI is InChI=1S/C13H16BrN3OS2/c1-13(2,3)11-10(20-16-15-11)12(18)17(4)6-9-5-8(14)7-19-9/h5,7H,6H2,1-4H3. The lowest BCUT2D eigenvalue weighted by Gasteiger charge is -2.19. The Labute approximate surface area is 135 Å². The maximum atomic E-state index is 12.5. The van der Waals surface area contributed by atoms with Gasteiger partial charge in [-0.3, -0.25) is 4.79 Å². The number of thiophene rings is 1. The highest BCUT2D eigenvalue weighted by Gasteiger charge is 2.28. The highest BCUT2D eigenvalue weighted by Crippen LogP contribution is 2.27. The van der Waals surface area contributed by atoms with Crippen LogP contribution in [0, 0.1) is 0 Å². The van der Waals surface area contributed by atoms with Crippen LogP contribution in [0.15, 0.2) is 15.9 Å². The van der Waals surface area contributed by atoms with E-state index in [0.29, 0.717) is 11.4 Å². The van der Waals surface area contributed by atoms with E-state index in [4.69, 9.17) is 0 Å². The first-order valence-corrected chi connectivity index (χ1v) is 8.55. The van der Waals surface area contributed by atoms with Gasteiger partial charge in [0.05, 0.1) is 12.2 Å². The zero-order valence-electron chi connectivity index (χ0n) is 11.8. The molecule has 0 atom stereocenters. The van der Waals surface area contributed by atoms with Crippen LogP contribution in [0.5, 0.6) is 0 Å². The topological polar surface area (TPSA) is 46.1 Å². The van der Waals surface area contributed by atoms with E-state index in [9.17, 15) is 4.79 Å². The number of halogens is 1. The predicted molar refractivity (Wildman–Crippen MR) is 86.4 cm³/mol. The quantitative estimate of drug-likeness (QED) is 0.818. The van der Waals surface area contributed by atoms with Gasteiger partial charge >= 0.3 is 0 Å². The van der Waals surface area contributed by atoms with Crippen LogP contribution < -0.4 is 0 Å². The van der Waals surface area contributed by atoms with Gasteiger partial charge in [-0.2, -0.15) is 0 Å². The van der Waals surface area contributed by atoms with Crippen LogP contribution in [-0.4, -0.2) is 27.4 Å². The molecule has 0 saturated carbocycles. The Morgan fingerprint density at radius 3 is 2.70 bits per heavy atom. The van der Waals surface area contributed by atoms with Crippen LogP contribution in [0.4, 0.5) is 0 Å². The molecule has 0 N–H and O–H groups in total. The lowest BCUT2D eigenvalue weighted by atomic mass is 9.91. The molecule has 0 aromatic carbocycles. The highest BCUT2D eigenvalue weighted by molar-refractivity contribution is 9.10. The van der Waals surface area contributed by atoms with E-state index < -0.39 is 0 Å². The summed E-state index contributed by atoms with van der Waals surface area (Å²) in [5, 5.41) is 6.13. The third-order valence-electron chi connectivity index (χ3n) is 2.75. The van der Waals surface area contributed by atoms with E-state index in [1.54, 1.807) is 16.2 Å². The third-order valence-corrected chi connectivity index (χ3v) is 5.15. The van der Waals surface area contributed by atoms with Gasteiger partial charge in [0, 0.05) is 27.2 Å². The van der Waals surface area contributed by atoms with Gasteiger partial charge in [0.1, 0.15) is 4.88 Å². The average Bonchev–Trinajstić information content (AvgIpc) is 2.96. The predicted octanol–water partition coefficient (Wildman–Crippen LogP) is 3.93. The van der Waals surface area contributed by atoms with Crippen molar-refractivity contribution in [1.29, 1.82) is 0 Å². The van der Waals surface area contributed by atoms with Gasteiger partial charge in [0.25, 0.3) is 5.91 Å². The molecular formula is C13H16BrN3OS2. The normalized spacial score (nSPS) is 11.7. The van der Waals surface area contributed by atoms with Crippen molar-refractivity contribution in [2.75, 3.05) is 7.05 Å². The van der Waals surface area contributed by atoms with E-state index in [0.717, 1.165) is 15.0 Å². The summed E-state index contributed by atoms with van der Waals surface area (Å²) in [7, 11) is 1.81. The fraction of sp³-hybridized carbons (Fsp3) is 0.462.